The van der Waals surface area contributed by atoms with E-state index in [9.17, 15) is 9.18 Å². The molecule has 0 radical (unpaired) electrons. The van der Waals surface area contributed by atoms with Gasteiger partial charge in [-0.05, 0) is 38.1 Å². The lowest BCUT2D eigenvalue weighted by molar-refractivity contribution is 0.0257. The Morgan fingerprint density at radius 2 is 2.00 bits per heavy atom. The number of amides is 2. The van der Waals surface area contributed by atoms with E-state index in [0.717, 1.165) is 39.0 Å². The van der Waals surface area contributed by atoms with E-state index in [1.165, 1.54) is 18.3 Å². The number of carbonyl (C=O) groups excluding carboxylic acids is 1. The predicted molar refractivity (Wildman–Crippen MR) is 118 cm³/mol. The van der Waals surface area contributed by atoms with Crippen LogP contribution in [0.1, 0.15) is 12.8 Å². The predicted octanol–water partition coefficient (Wildman–Crippen LogP) is 2.84. The zero-order chi connectivity index (χ0) is 22.0. The number of hydrogen-bond donors (Lipinski definition) is 2. The summed E-state index contributed by atoms with van der Waals surface area (Å²) in [5, 5.41) is 2.81. The molecule has 3 N–H and O–H groups in total. The Bertz CT molecular complexity index is 928. The van der Waals surface area contributed by atoms with Crippen LogP contribution in [0.25, 0.3) is 0 Å². The van der Waals surface area contributed by atoms with Gasteiger partial charge in [0, 0.05) is 69.3 Å². The first-order valence-corrected chi connectivity index (χ1v) is 10.5. The lowest BCUT2D eigenvalue weighted by Gasteiger charge is -2.47. The number of urea groups is 1. The van der Waals surface area contributed by atoms with Crippen molar-refractivity contribution in [1.29, 1.82) is 0 Å². The number of nitrogens with two attached hydrogens (primary N) is 1. The Kier molecular flexibility index (Phi) is 6.24. The fraction of sp³-hybridized carbons (Fsp3) is 0.455. The van der Waals surface area contributed by atoms with Crippen molar-refractivity contribution in [1.82, 2.24) is 19.7 Å². The van der Waals surface area contributed by atoms with E-state index in [1.807, 2.05) is 7.05 Å². The molecule has 31 heavy (non-hydrogen) atoms. The summed E-state index contributed by atoms with van der Waals surface area (Å²) < 4.78 is 19.6. The molecule has 1 aromatic heterocycles. The monoisotopic (exact) mass is 428 g/mol. The zero-order valence-corrected chi connectivity index (χ0v) is 17.9. The van der Waals surface area contributed by atoms with Gasteiger partial charge in [0.2, 0.25) is 0 Å². The average molecular weight is 429 g/mol. The van der Waals surface area contributed by atoms with Gasteiger partial charge in [0.15, 0.2) is 11.6 Å². The van der Waals surface area contributed by atoms with Crippen LogP contribution < -0.4 is 15.8 Å². The number of hydrogen-bond acceptors (Lipinski definition) is 6. The molecule has 2 fully saturated rings. The second-order valence-corrected chi connectivity index (χ2v) is 8.35. The summed E-state index contributed by atoms with van der Waals surface area (Å²) in [6, 6.07) is 8.02. The average Bonchev–Trinajstić information content (AvgIpc) is 2.73. The maximum atomic E-state index is 14.0. The highest BCUT2D eigenvalue weighted by Crippen LogP contribution is 2.27. The van der Waals surface area contributed by atoms with E-state index in [2.05, 4.69) is 27.1 Å². The lowest BCUT2D eigenvalue weighted by Crippen LogP contribution is -2.60. The number of benzene rings is 1. The summed E-state index contributed by atoms with van der Waals surface area (Å²) in [6.07, 6.45) is 3.42. The van der Waals surface area contributed by atoms with Gasteiger partial charge in [-0.3, -0.25) is 10.2 Å². The molecule has 2 amide bonds. The number of nitrogen functional groups attached to an aromatic ring is 1. The summed E-state index contributed by atoms with van der Waals surface area (Å²) in [6.45, 7) is 4.28. The molecule has 1 aromatic carbocycles. The Labute approximate surface area is 181 Å². The second kappa shape index (κ2) is 9.07. The quantitative estimate of drug-likeness (QED) is 0.713. The van der Waals surface area contributed by atoms with Crippen LogP contribution in [0.3, 0.4) is 0 Å². The summed E-state index contributed by atoms with van der Waals surface area (Å²) in [5.41, 5.74) is 5.89. The largest absolute Gasteiger partial charge is 0.454 e. The molecular formula is C22H29FN6O2. The number of halogens is 1. The second-order valence-electron chi connectivity index (χ2n) is 8.35. The molecule has 0 spiro atoms. The van der Waals surface area contributed by atoms with Crippen molar-refractivity contribution >= 4 is 17.5 Å². The summed E-state index contributed by atoms with van der Waals surface area (Å²) in [5.74, 6) is 0.219. The van der Waals surface area contributed by atoms with Gasteiger partial charge in [-0.25, -0.2) is 14.2 Å². The van der Waals surface area contributed by atoms with Crippen molar-refractivity contribution in [2.24, 2.45) is 0 Å². The van der Waals surface area contributed by atoms with Crippen LogP contribution in [0.4, 0.5) is 20.7 Å². The lowest BCUT2D eigenvalue weighted by atomic mass is 9.99. The van der Waals surface area contributed by atoms with Crippen molar-refractivity contribution in [2.75, 3.05) is 51.3 Å². The molecule has 4 rings (SSSR count). The molecule has 3 heterocycles. The molecule has 0 saturated carbocycles. The first-order chi connectivity index (χ1) is 14.9. The molecule has 2 aliphatic rings. The number of carbonyl (C=O) groups is 1. The summed E-state index contributed by atoms with van der Waals surface area (Å²) in [4.78, 5) is 23.5. The van der Waals surface area contributed by atoms with E-state index >= 15 is 0 Å². The van der Waals surface area contributed by atoms with Crippen LogP contribution in [0, 0.1) is 5.82 Å². The van der Waals surface area contributed by atoms with Crippen LogP contribution in [-0.2, 0) is 0 Å². The Balaban J connectivity index is 1.31. The molecule has 2 saturated heterocycles. The number of aromatic nitrogens is 1. The normalized spacial score (nSPS) is 18.4. The topological polar surface area (TPSA) is 87.0 Å². The Hall–Kier alpha value is -2.91. The van der Waals surface area contributed by atoms with Crippen LogP contribution in [0.2, 0.25) is 0 Å². The first-order valence-electron chi connectivity index (χ1n) is 10.5. The van der Waals surface area contributed by atoms with E-state index in [1.54, 1.807) is 23.1 Å². The SMILES string of the molecule is CN1CC(N2CCC(N(C)C(=O)Nc3cc(Oc4ccc(N)cc4F)ccn3)CC2)C1. The summed E-state index contributed by atoms with van der Waals surface area (Å²) in [7, 11) is 3.96. The van der Waals surface area contributed by atoms with Gasteiger partial charge in [-0.15, -0.1) is 0 Å². The third-order valence-corrected chi connectivity index (χ3v) is 6.08. The highest BCUT2D eigenvalue weighted by atomic mass is 19.1. The van der Waals surface area contributed by atoms with Gasteiger partial charge in [0.25, 0.3) is 0 Å². The van der Waals surface area contributed by atoms with Crippen molar-refractivity contribution in [3.05, 3.63) is 42.3 Å². The molecule has 2 aliphatic heterocycles. The van der Waals surface area contributed by atoms with Crippen molar-refractivity contribution in [3.8, 4) is 11.5 Å². The standard InChI is InChI=1S/C22H29FN6O2/c1-27-13-17(14-27)29-9-6-16(7-10-29)28(2)22(30)26-21-12-18(5-8-25-21)31-20-4-3-15(24)11-19(20)23/h3-5,8,11-12,16-17H,6-7,9-10,13-14,24H2,1-2H3,(H,25,26,30). The van der Waals surface area contributed by atoms with Gasteiger partial charge >= 0.3 is 6.03 Å². The maximum Gasteiger partial charge on any atom is 0.323 e. The third kappa shape index (κ3) is 5.05. The Morgan fingerprint density at radius 1 is 1.26 bits per heavy atom. The molecule has 166 valence electrons. The number of nitrogens with one attached hydrogen (secondary N) is 1. The highest BCUT2D eigenvalue weighted by Gasteiger charge is 2.33. The molecule has 9 heteroatoms. The Morgan fingerprint density at radius 3 is 2.68 bits per heavy atom. The van der Waals surface area contributed by atoms with Crippen LogP contribution in [0.15, 0.2) is 36.5 Å². The molecule has 0 bridgehead atoms. The molecule has 2 aromatic rings. The van der Waals surface area contributed by atoms with E-state index < -0.39 is 5.82 Å². The van der Waals surface area contributed by atoms with Crippen molar-refractivity contribution < 1.29 is 13.9 Å². The number of nitrogens with zero attached hydrogens (tertiary/aromatic N) is 4. The summed E-state index contributed by atoms with van der Waals surface area (Å²) >= 11 is 0. The minimum Gasteiger partial charge on any atom is -0.454 e. The number of anilines is 2. The van der Waals surface area contributed by atoms with Crippen LogP contribution in [-0.4, -0.2) is 78.1 Å². The van der Waals surface area contributed by atoms with Crippen LogP contribution in [0.5, 0.6) is 11.5 Å². The molecule has 0 aliphatic carbocycles. The molecular weight excluding hydrogens is 399 g/mol. The third-order valence-electron chi connectivity index (χ3n) is 6.08. The fourth-order valence-electron chi connectivity index (χ4n) is 4.17. The smallest absolute Gasteiger partial charge is 0.323 e. The van der Waals surface area contributed by atoms with E-state index in [-0.39, 0.29) is 17.8 Å². The van der Waals surface area contributed by atoms with E-state index in [4.69, 9.17) is 10.5 Å². The molecule has 8 nitrogen and oxygen atoms in total. The number of likely N-dealkylation sites (N-methyl/N-ethyl adjacent to an activating group) is 1. The van der Waals surface area contributed by atoms with Gasteiger partial charge in [-0.2, -0.15) is 0 Å². The molecule has 0 unspecified atom stereocenters. The highest BCUT2D eigenvalue weighted by molar-refractivity contribution is 5.88. The number of likely N-dealkylation sites (tertiary alicyclic amines) is 2. The van der Waals surface area contributed by atoms with Gasteiger partial charge in [0.05, 0.1) is 0 Å². The van der Waals surface area contributed by atoms with Gasteiger partial charge in [0.1, 0.15) is 11.6 Å². The number of piperidine rings is 1. The van der Waals surface area contributed by atoms with E-state index in [0.29, 0.717) is 23.3 Å². The van der Waals surface area contributed by atoms with Crippen LogP contribution >= 0.6 is 0 Å². The zero-order valence-electron chi connectivity index (χ0n) is 17.9. The van der Waals surface area contributed by atoms with Crippen molar-refractivity contribution in [3.63, 3.8) is 0 Å². The number of rotatable bonds is 5. The first kappa shape index (κ1) is 21.3. The fourth-order valence-corrected chi connectivity index (χ4v) is 4.17. The number of pyridine rings is 1. The minimum absolute atomic E-state index is 0.0548. The number of ether oxygens (including phenoxy) is 1. The maximum absolute atomic E-state index is 14.0. The van der Waals surface area contributed by atoms with Gasteiger partial charge < -0.3 is 20.3 Å². The van der Waals surface area contributed by atoms with Crippen molar-refractivity contribution in [2.45, 2.75) is 24.9 Å². The minimum atomic E-state index is -0.554. The molecule has 0 atom stereocenters. The van der Waals surface area contributed by atoms with Gasteiger partial charge in [-0.1, -0.05) is 0 Å².